The molecule has 0 saturated carbocycles. The number of ketones is 1. The first kappa shape index (κ1) is 19.8. The summed E-state index contributed by atoms with van der Waals surface area (Å²) in [6.45, 7) is 0.358. The third kappa shape index (κ3) is 4.39. The van der Waals surface area contributed by atoms with Crippen molar-refractivity contribution in [3.63, 3.8) is 0 Å². The molecule has 8 heteroatoms. The normalized spacial score (nSPS) is 12.8. The second kappa shape index (κ2) is 8.27. The zero-order chi connectivity index (χ0) is 17.3. The van der Waals surface area contributed by atoms with Gasteiger partial charge in [-0.1, -0.05) is 0 Å². The molecule has 0 radical (unpaired) electrons. The molecule has 0 bridgehead atoms. The predicted molar refractivity (Wildman–Crippen MR) is 108 cm³/mol. The number of hydrogen-bond acceptors (Lipinski definition) is 3. The van der Waals surface area contributed by atoms with Gasteiger partial charge in [-0.2, -0.15) is 0 Å². The Morgan fingerprint density at radius 1 is 1.12 bits per heavy atom. The molecule has 0 saturated heterocycles. The Bertz CT molecular complexity index is 840. The van der Waals surface area contributed by atoms with E-state index in [2.05, 4.69) is 15.9 Å². The number of rotatable bonds is 5. The molecule has 25 heavy (non-hydrogen) atoms. The Hall–Kier alpha value is -1.47. The van der Waals surface area contributed by atoms with Gasteiger partial charge in [0.1, 0.15) is 0 Å². The van der Waals surface area contributed by atoms with Crippen molar-refractivity contribution in [2.24, 2.45) is 5.73 Å². The summed E-state index contributed by atoms with van der Waals surface area (Å²) in [5, 5.41) is 8.06. The number of amidine groups is 1. The number of anilines is 1. The van der Waals surface area contributed by atoms with Crippen LogP contribution in [0, 0.1) is 5.41 Å². The van der Waals surface area contributed by atoms with Crippen molar-refractivity contribution < 1.29 is 9.59 Å². The molecule has 1 amide bonds. The standard InChI is InChI=1S/C17H14BrN3O2Se.BrH/c18-12-5-6-14-13(7-12)15(22)16(23)21(14)8-10-1-3-11(4-2-10)9-24-17(19)20;/h1-7H,8-9H2,(H3,19,20);1H. The number of nitrogens with one attached hydrogen (secondary N) is 1. The maximum absolute atomic E-state index is 12.2. The van der Waals surface area contributed by atoms with Crippen molar-refractivity contribution in [3.05, 3.63) is 63.6 Å². The van der Waals surface area contributed by atoms with Gasteiger partial charge in [-0.25, -0.2) is 0 Å². The molecule has 0 atom stereocenters. The van der Waals surface area contributed by atoms with Crippen LogP contribution in [0.15, 0.2) is 46.9 Å². The summed E-state index contributed by atoms with van der Waals surface area (Å²) >= 11 is 3.30. The average molecular weight is 532 g/mol. The van der Waals surface area contributed by atoms with Crippen LogP contribution in [-0.4, -0.2) is 31.4 Å². The first-order valence-corrected chi connectivity index (χ1v) is 10.0. The van der Waals surface area contributed by atoms with Crippen LogP contribution in [-0.2, 0) is 16.7 Å². The fraction of sp³-hybridized carbons (Fsp3) is 0.118. The number of benzene rings is 2. The number of carbonyl (C=O) groups excluding carboxylic acids is 2. The Balaban J connectivity index is 0.00000225. The number of amides is 1. The van der Waals surface area contributed by atoms with E-state index in [1.807, 2.05) is 30.3 Å². The molecule has 130 valence electrons. The Kier molecular flexibility index (Phi) is 6.57. The summed E-state index contributed by atoms with van der Waals surface area (Å²) in [6.07, 6.45) is 0. The van der Waals surface area contributed by atoms with E-state index in [4.69, 9.17) is 11.1 Å². The number of halogens is 2. The molecule has 0 aliphatic carbocycles. The van der Waals surface area contributed by atoms with Crippen LogP contribution in [0.4, 0.5) is 5.69 Å². The Morgan fingerprint density at radius 2 is 1.76 bits per heavy atom. The molecule has 1 heterocycles. The van der Waals surface area contributed by atoms with Gasteiger partial charge < -0.3 is 0 Å². The Labute approximate surface area is 170 Å². The van der Waals surface area contributed by atoms with Crippen LogP contribution < -0.4 is 10.6 Å². The number of nitrogens with zero attached hydrogens (tertiary/aromatic N) is 1. The molecule has 5 nitrogen and oxygen atoms in total. The Morgan fingerprint density at radius 3 is 2.40 bits per heavy atom. The van der Waals surface area contributed by atoms with Gasteiger partial charge in [0.05, 0.1) is 0 Å². The fourth-order valence-electron chi connectivity index (χ4n) is 2.51. The van der Waals surface area contributed by atoms with Crippen molar-refractivity contribution >= 4 is 70.0 Å². The average Bonchev–Trinajstić information content (AvgIpc) is 2.79. The molecular formula is C17H15Br2N3O2Se. The summed E-state index contributed by atoms with van der Waals surface area (Å²) in [5.41, 5.74) is 8.55. The van der Waals surface area contributed by atoms with Gasteiger partial charge >= 0.3 is 154 Å². The number of fused-ring (bicyclic) bond motifs is 1. The molecule has 3 rings (SSSR count). The van der Waals surface area contributed by atoms with E-state index in [1.165, 1.54) is 4.90 Å². The zero-order valence-electron chi connectivity index (χ0n) is 13.0. The van der Waals surface area contributed by atoms with Crippen molar-refractivity contribution in [1.82, 2.24) is 0 Å². The molecule has 0 spiro atoms. The van der Waals surface area contributed by atoms with E-state index >= 15 is 0 Å². The molecule has 0 aromatic heterocycles. The maximum atomic E-state index is 12.2. The van der Waals surface area contributed by atoms with E-state index in [9.17, 15) is 9.59 Å². The molecule has 2 aromatic carbocycles. The number of hydrogen-bond donors (Lipinski definition) is 2. The zero-order valence-corrected chi connectivity index (χ0v) is 18.0. The second-order valence-electron chi connectivity index (χ2n) is 5.35. The van der Waals surface area contributed by atoms with E-state index in [0.29, 0.717) is 17.8 Å². The third-order valence-electron chi connectivity index (χ3n) is 3.69. The van der Waals surface area contributed by atoms with Crippen LogP contribution in [0.1, 0.15) is 21.5 Å². The van der Waals surface area contributed by atoms with Crippen LogP contribution in [0.5, 0.6) is 0 Å². The molecule has 0 fully saturated rings. The third-order valence-corrected chi connectivity index (χ3v) is 5.84. The van der Waals surface area contributed by atoms with Crippen LogP contribution in [0.2, 0.25) is 0 Å². The van der Waals surface area contributed by atoms with Gasteiger partial charge in [0.15, 0.2) is 0 Å². The van der Waals surface area contributed by atoms with Gasteiger partial charge in [-0.05, 0) is 0 Å². The molecule has 1 aliphatic rings. The first-order chi connectivity index (χ1) is 11.5. The van der Waals surface area contributed by atoms with Gasteiger partial charge in [-0.15, -0.1) is 17.0 Å². The van der Waals surface area contributed by atoms with Crippen LogP contribution in [0.25, 0.3) is 0 Å². The van der Waals surface area contributed by atoms with Gasteiger partial charge in [0, 0.05) is 0 Å². The van der Waals surface area contributed by atoms with Crippen molar-refractivity contribution in [2.45, 2.75) is 11.9 Å². The minimum atomic E-state index is -0.493. The van der Waals surface area contributed by atoms with Crippen molar-refractivity contribution in [2.75, 3.05) is 4.90 Å². The number of carbonyl (C=O) groups is 2. The predicted octanol–water partition coefficient (Wildman–Crippen LogP) is 2.85. The quantitative estimate of drug-likeness (QED) is 0.269. The van der Waals surface area contributed by atoms with Gasteiger partial charge in [0.2, 0.25) is 0 Å². The summed E-state index contributed by atoms with van der Waals surface area (Å²) in [5.74, 6) is -0.959. The number of Topliss-reactive ketones (excluding diaryl/α,β-unsaturated/α-hetero) is 1. The van der Waals surface area contributed by atoms with Crippen molar-refractivity contribution in [1.29, 1.82) is 5.41 Å². The van der Waals surface area contributed by atoms with Crippen LogP contribution in [0.3, 0.4) is 0 Å². The summed E-state index contributed by atoms with van der Waals surface area (Å²) in [7, 11) is 0. The van der Waals surface area contributed by atoms with Gasteiger partial charge in [0.25, 0.3) is 0 Å². The van der Waals surface area contributed by atoms with Gasteiger partial charge in [-0.3, -0.25) is 0 Å². The summed E-state index contributed by atoms with van der Waals surface area (Å²) in [4.78, 5) is 25.9. The first-order valence-electron chi connectivity index (χ1n) is 7.16. The SMILES string of the molecule is Br.N=C(N)[Se]Cc1ccc(CN2C(=O)C(=O)c3cc(Br)ccc32)cc1. The molecular weight excluding hydrogens is 517 g/mol. The topological polar surface area (TPSA) is 87.2 Å². The van der Waals surface area contributed by atoms with E-state index < -0.39 is 11.7 Å². The van der Waals surface area contributed by atoms with E-state index in [-0.39, 0.29) is 36.7 Å². The molecule has 0 unspecified atom stereocenters. The molecule has 1 aliphatic heterocycles. The monoisotopic (exact) mass is 531 g/mol. The van der Waals surface area contributed by atoms with E-state index in [0.717, 1.165) is 20.9 Å². The summed E-state index contributed by atoms with van der Waals surface area (Å²) < 4.78 is 1.01. The fourth-order valence-corrected chi connectivity index (χ4v) is 3.96. The number of nitrogens with two attached hydrogens (primary N) is 1. The van der Waals surface area contributed by atoms with Crippen LogP contribution >= 0.6 is 32.9 Å². The van der Waals surface area contributed by atoms with Crippen molar-refractivity contribution in [3.8, 4) is 0 Å². The summed E-state index contributed by atoms with van der Waals surface area (Å²) in [6, 6.07) is 13.1. The molecule has 2 aromatic rings. The minimum absolute atomic E-state index is 0. The van der Waals surface area contributed by atoms with E-state index in [1.54, 1.807) is 12.1 Å². The molecule has 3 N–H and O–H groups in total. The second-order valence-corrected chi connectivity index (χ2v) is 8.40.